The Kier molecular flexibility index (Phi) is 3.85. The van der Waals surface area contributed by atoms with Crippen LogP contribution >= 0.6 is 0 Å². The van der Waals surface area contributed by atoms with Gasteiger partial charge in [0.25, 0.3) is 5.91 Å². The number of carbonyl (C=O) groups is 2. The van der Waals surface area contributed by atoms with E-state index in [0.29, 0.717) is 18.4 Å². The number of fused-ring (bicyclic) bond motifs is 1. The number of para-hydroxylation sites is 1. The molecule has 100 valence electrons. The van der Waals surface area contributed by atoms with Gasteiger partial charge < -0.3 is 14.8 Å². The Morgan fingerprint density at radius 1 is 1.37 bits per heavy atom. The first-order chi connectivity index (χ1) is 9.11. The first-order valence-electron chi connectivity index (χ1n) is 6.14. The maximum atomic E-state index is 11.9. The normalized spacial score (nSPS) is 12.3. The van der Waals surface area contributed by atoms with Crippen molar-refractivity contribution in [3.63, 3.8) is 0 Å². The second-order valence-electron chi connectivity index (χ2n) is 4.30. The lowest BCUT2D eigenvalue weighted by molar-refractivity contribution is -0.139. The highest BCUT2D eigenvalue weighted by molar-refractivity contribution is 5.97. The summed E-state index contributed by atoms with van der Waals surface area (Å²) in [6.07, 6.45) is 1.07. The summed E-state index contributed by atoms with van der Waals surface area (Å²) in [6, 6.07) is 7.96. The van der Waals surface area contributed by atoms with Gasteiger partial charge in [0.05, 0.1) is 0 Å². The second kappa shape index (κ2) is 5.56. The van der Waals surface area contributed by atoms with Gasteiger partial charge in [-0.25, -0.2) is 4.79 Å². The summed E-state index contributed by atoms with van der Waals surface area (Å²) in [4.78, 5) is 22.9. The van der Waals surface area contributed by atoms with Crippen molar-refractivity contribution in [2.75, 3.05) is 0 Å². The van der Waals surface area contributed by atoms with E-state index in [1.54, 1.807) is 12.1 Å². The summed E-state index contributed by atoms with van der Waals surface area (Å²) in [5.41, 5.74) is 0.606. The molecule has 1 aromatic heterocycles. The van der Waals surface area contributed by atoms with Gasteiger partial charge in [0.1, 0.15) is 11.6 Å². The van der Waals surface area contributed by atoms with Gasteiger partial charge in [0.15, 0.2) is 5.76 Å². The van der Waals surface area contributed by atoms with Crippen LogP contribution < -0.4 is 5.32 Å². The SMILES string of the molecule is CCCC(NC(=O)c1cc2ccccc2o1)C(=O)O. The van der Waals surface area contributed by atoms with Crippen LogP contribution in [0.15, 0.2) is 34.7 Å². The summed E-state index contributed by atoms with van der Waals surface area (Å²) >= 11 is 0. The molecule has 5 heteroatoms. The molecule has 1 heterocycles. The van der Waals surface area contributed by atoms with Crippen molar-refractivity contribution in [1.29, 1.82) is 0 Å². The number of hydrogen-bond acceptors (Lipinski definition) is 3. The molecule has 5 nitrogen and oxygen atoms in total. The van der Waals surface area contributed by atoms with Crippen LogP contribution in [0, 0.1) is 0 Å². The molecule has 0 saturated carbocycles. The topological polar surface area (TPSA) is 79.5 Å². The largest absolute Gasteiger partial charge is 0.480 e. The van der Waals surface area contributed by atoms with Gasteiger partial charge >= 0.3 is 5.97 Å². The molecule has 1 aromatic carbocycles. The van der Waals surface area contributed by atoms with Crippen LogP contribution in [0.3, 0.4) is 0 Å². The Hall–Kier alpha value is -2.30. The summed E-state index contributed by atoms with van der Waals surface area (Å²) in [7, 11) is 0. The Balaban J connectivity index is 2.16. The zero-order chi connectivity index (χ0) is 13.8. The fourth-order valence-electron chi connectivity index (χ4n) is 1.87. The van der Waals surface area contributed by atoms with Crippen molar-refractivity contribution in [3.05, 3.63) is 36.1 Å². The van der Waals surface area contributed by atoms with E-state index in [1.165, 1.54) is 0 Å². The highest BCUT2D eigenvalue weighted by Gasteiger charge is 2.21. The molecule has 2 rings (SSSR count). The molecule has 0 spiro atoms. The Morgan fingerprint density at radius 3 is 2.74 bits per heavy atom. The molecule has 0 aliphatic rings. The minimum absolute atomic E-state index is 0.128. The number of furan rings is 1. The monoisotopic (exact) mass is 261 g/mol. The summed E-state index contributed by atoms with van der Waals surface area (Å²) in [5.74, 6) is -1.41. The predicted octanol–water partition coefficient (Wildman–Crippen LogP) is 2.42. The smallest absolute Gasteiger partial charge is 0.326 e. The van der Waals surface area contributed by atoms with Gasteiger partial charge in [0, 0.05) is 5.39 Å². The van der Waals surface area contributed by atoms with Crippen LogP contribution in [0.2, 0.25) is 0 Å². The van der Waals surface area contributed by atoms with Gasteiger partial charge in [-0.05, 0) is 18.6 Å². The van der Waals surface area contributed by atoms with E-state index in [2.05, 4.69) is 5.32 Å². The summed E-state index contributed by atoms with van der Waals surface area (Å²) < 4.78 is 5.38. The predicted molar refractivity (Wildman–Crippen MR) is 70.0 cm³/mol. The van der Waals surface area contributed by atoms with Gasteiger partial charge in [0.2, 0.25) is 0 Å². The lowest BCUT2D eigenvalue weighted by Gasteiger charge is -2.11. The molecule has 1 unspecified atom stereocenters. The van der Waals surface area contributed by atoms with Crippen LogP contribution in [0.25, 0.3) is 11.0 Å². The maximum Gasteiger partial charge on any atom is 0.326 e. The number of benzene rings is 1. The Labute approximate surface area is 110 Å². The molecule has 0 saturated heterocycles. The van der Waals surface area contributed by atoms with Gasteiger partial charge in [-0.3, -0.25) is 4.79 Å². The van der Waals surface area contributed by atoms with Crippen LogP contribution in [-0.4, -0.2) is 23.0 Å². The van der Waals surface area contributed by atoms with E-state index >= 15 is 0 Å². The second-order valence-corrected chi connectivity index (χ2v) is 4.30. The van der Waals surface area contributed by atoms with Crippen molar-refractivity contribution < 1.29 is 19.1 Å². The van der Waals surface area contributed by atoms with Crippen molar-refractivity contribution >= 4 is 22.8 Å². The first kappa shape index (κ1) is 13.1. The number of carboxylic acid groups (broad SMARTS) is 1. The first-order valence-corrected chi connectivity index (χ1v) is 6.14. The number of carboxylic acids is 1. The average Bonchev–Trinajstić information content (AvgIpc) is 2.81. The molecule has 0 aliphatic carbocycles. The van der Waals surface area contributed by atoms with Crippen molar-refractivity contribution in [2.24, 2.45) is 0 Å². The van der Waals surface area contributed by atoms with Gasteiger partial charge in [-0.1, -0.05) is 31.5 Å². The third-order valence-corrected chi connectivity index (χ3v) is 2.83. The number of nitrogens with one attached hydrogen (secondary N) is 1. The number of aliphatic carboxylic acids is 1. The lowest BCUT2D eigenvalue weighted by Crippen LogP contribution is -2.40. The Morgan fingerprint density at radius 2 is 2.11 bits per heavy atom. The average molecular weight is 261 g/mol. The Bertz CT molecular complexity index is 569. The molecule has 0 bridgehead atoms. The van der Waals surface area contributed by atoms with E-state index in [4.69, 9.17) is 9.52 Å². The lowest BCUT2D eigenvalue weighted by atomic mass is 10.1. The van der Waals surface area contributed by atoms with Crippen LogP contribution in [0.1, 0.15) is 30.3 Å². The molecule has 0 radical (unpaired) electrons. The van der Waals surface area contributed by atoms with Gasteiger partial charge in [-0.2, -0.15) is 0 Å². The zero-order valence-corrected chi connectivity index (χ0v) is 10.6. The highest BCUT2D eigenvalue weighted by atomic mass is 16.4. The van der Waals surface area contributed by atoms with Crippen LogP contribution in [-0.2, 0) is 4.79 Å². The molecule has 0 fully saturated rings. The molecule has 2 aromatic rings. The van der Waals surface area contributed by atoms with E-state index in [9.17, 15) is 9.59 Å². The number of amides is 1. The quantitative estimate of drug-likeness (QED) is 0.866. The molecular formula is C14H15NO4. The fraction of sp³-hybridized carbons (Fsp3) is 0.286. The summed E-state index contributed by atoms with van der Waals surface area (Å²) in [6.45, 7) is 1.86. The van der Waals surface area contributed by atoms with E-state index in [1.807, 2.05) is 25.1 Å². The minimum atomic E-state index is -1.04. The maximum absolute atomic E-state index is 11.9. The molecular weight excluding hydrogens is 246 g/mol. The number of hydrogen-bond donors (Lipinski definition) is 2. The molecule has 0 aliphatic heterocycles. The van der Waals surface area contributed by atoms with Crippen molar-refractivity contribution in [3.8, 4) is 0 Å². The van der Waals surface area contributed by atoms with Crippen molar-refractivity contribution in [1.82, 2.24) is 5.32 Å². The van der Waals surface area contributed by atoms with Crippen molar-refractivity contribution in [2.45, 2.75) is 25.8 Å². The van der Waals surface area contributed by atoms with Crippen LogP contribution in [0.5, 0.6) is 0 Å². The van der Waals surface area contributed by atoms with Gasteiger partial charge in [-0.15, -0.1) is 0 Å². The summed E-state index contributed by atoms with van der Waals surface area (Å²) in [5, 5.41) is 12.3. The van der Waals surface area contributed by atoms with E-state index in [-0.39, 0.29) is 5.76 Å². The third-order valence-electron chi connectivity index (χ3n) is 2.83. The number of rotatable bonds is 5. The number of carbonyl (C=O) groups excluding carboxylic acids is 1. The molecule has 2 N–H and O–H groups in total. The standard InChI is InChI=1S/C14H15NO4/c1-2-5-10(14(17)18)15-13(16)12-8-9-6-3-4-7-11(9)19-12/h3-4,6-8,10H,2,5H2,1H3,(H,15,16)(H,17,18). The zero-order valence-electron chi connectivity index (χ0n) is 10.6. The fourth-order valence-corrected chi connectivity index (χ4v) is 1.87. The van der Waals surface area contributed by atoms with E-state index in [0.717, 1.165) is 5.39 Å². The minimum Gasteiger partial charge on any atom is -0.480 e. The molecule has 1 amide bonds. The highest BCUT2D eigenvalue weighted by Crippen LogP contribution is 2.18. The van der Waals surface area contributed by atoms with Crippen LogP contribution in [0.4, 0.5) is 0 Å². The molecule has 19 heavy (non-hydrogen) atoms. The molecule has 1 atom stereocenters. The van der Waals surface area contributed by atoms with E-state index < -0.39 is 17.9 Å². The third kappa shape index (κ3) is 2.93.